The highest BCUT2D eigenvalue weighted by Crippen LogP contribution is 2.00. The molecule has 1 rings (SSSR count). The van der Waals surface area contributed by atoms with Gasteiger partial charge in [-0.1, -0.05) is 79.7 Å². The SMILES string of the molecule is CC.CC.CC.CCCN=Cc1ccc(C=NCCC)cc1. The molecular formula is C20H38N2. The van der Waals surface area contributed by atoms with E-state index in [0.717, 1.165) is 37.1 Å². The lowest BCUT2D eigenvalue weighted by atomic mass is 10.1. The Hall–Kier alpha value is -1.44. The molecule has 0 aliphatic carbocycles. The molecule has 128 valence electrons. The van der Waals surface area contributed by atoms with Crippen molar-refractivity contribution in [3.63, 3.8) is 0 Å². The van der Waals surface area contributed by atoms with E-state index in [9.17, 15) is 0 Å². The fraction of sp³-hybridized carbons (Fsp3) is 0.600. The zero-order valence-corrected chi connectivity index (χ0v) is 16.2. The minimum atomic E-state index is 0.902. The summed E-state index contributed by atoms with van der Waals surface area (Å²) in [6.45, 7) is 18.1. The average Bonchev–Trinajstić information content (AvgIpc) is 2.62. The molecule has 0 radical (unpaired) electrons. The van der Waals surface area contributed by atoms with Crippen molar-refractivity contribution < 1.29 is 0 Å². The van der Waals surface area contributed by atoms with Gasteiger partial charge in [-0.3, -0.25) is 9.98 Å². The predicted molar refractivity (Wildman–Crippen MR) is 106 cm³/mol. The van der Waals surface area contributed by atoms with Gasteiger partial charge in [0.1, 0.15) is 0 Å². The highest BCUT2D eigenvalue weighted by atomic mass is 14.7. The van der Waals surface area contributed by atoms with Crippen molar-refractivity contribution in [2.45, 2.75) is 68.2 Å². The lowest BCUT2D eigenvalue weighted by Crippen LogP contribution is -1.87. The smallest absolute Gasteiger partial charge is 0.0386 e. The Balaban J connectivity index is -0.000000535. The van der Waals surface area contributed by atoms with Crippen LogP contribution in [0.3, 0.4) is 0 Å². The summed E-state index contributed by atoms with van der Waals surface area (Å²) in [5, 5.41) is 0. The average molecular weight is 307 g/mol. The van der Waals surface area contributed by atoms with E-state index in [-0.39, 0.29) is 0 Å². The summed E-state index contributed by atoms with van der Waals surface area (Å²) in [6.07, 6.45) is 6.05. The normalized spacial score (nSPS) is 9.27. The quantitative estimate of drug-likeness (QED) is 0.541. The summed E-state index contributed by atoms with van der Waals surface area (Å²) in [6, 6.07) is 8.30. The molecule has 22 heavy (non-hydrogen) atoms. The fourth-order valence-electron chi connectivity index (χ4n) is 1.27. The summed E-state index contributed by atoms with van der Waals surface area (Å²) < 4.78 is 0. The van der Waals surface area contributed by atoms with Crippen molar-refractivity contribution in [1.29, 1.82) is 0 Å². The van der Waals surface area contributed by atoms with Crippen LogP contribution in [0.1, 0.15) is 79.4 Å². The van der Waals surface area contributed by atoms with Crippen molar-refractivity contribution in [1.82, 2.24) is 0 Å². The fourth-order valence-corrected chi connectivity index (χ4v) is 1.27. The molecule has 0 fully saturated rings. The van der Waals surface area contributed by atoms with E-state index in [2.05, 4.69) is 48.1 Å². The second-order valence-corrected chi connectivity index (χ2v) is 3.74. The molecule has 0 heterocycles. The molecule has 0 aliphatic heterocycles. The molecule has 0 spiro atoms. The van der Waals surface area contributed by atoms with Crippen LogP contribution in [-0.4, -0.2) is 25.5 Å². The van der Waals surface area contributed by atoms with Gasteiger partial charge in [0.25, 0.3) is 0 Å². The zero-order valence-electron chi connectivity index (χ0n) is 16.2. The van der Waals surface area contributed by atoms with Crippen LogP contribution in [-0.2, 0) is 0 Å². The van der Waals surface area contributed by atoms with Crippen molar-refractivity contribution in [2.75, 3.05) is 13.1 Å². The summed E-state index contributed by atoms with van der Waals surface area (Å²) in [5.74, 6) is 0. The lowest BCUT2D eigenvalue weighted by molar-refractivity contribution is 0.936. The molecule has 0 unspecified atom stereocenters. The van der Waals surface area contributed by atoms with E-state index in [1.54, 1.807) is 0 Å². The summed E-state index contributed by atoms with van der Waals surface area (Å²) >= 11 is 0. The Morgan fingerprint density at radius 2 is 0.909 bits per heavy atom. The van der Waals surface area contributed by atoms with Crippen LogP contribution in [0.4, 0.5) is 0 Å². The zero-order chi connectivity index (χ0) is 17.6. The Morgan fingerprint density at radius 1 is 0.636 bits per heavy atom. The van der Waals surface area contributed by atoms with E-state index in [0.29, 0.717) is 0 Å². The number of aliphatic imine (C=N–C) groups is 2. The number of benzene rings is 1. The largest absolute Gasteiger partial charge is 0.293 e. The monoisotopic (exact) mass is 306 g/mol. The molecule has 1 aromatic rings. The van der Waals surface area contributed by atoms with Gasteiger partial charge in [-0.25, -0.2) is 0 Å². The topological polar surface area (TPSA) is 24.7 Å². The van der Waals surface area contributed by atoms with Crippen LogP contribution in [0.15, 0.2) is 34.3 Å². The molecule has 0 bridgehead atoms. The van der Waals surface area contributed by atoms with E-state index in [4.69, 9.17) is 0 Å². The molecule has 0 amide bonds. The van der Waals surface area contributed by atoms with Crippen LogP contribution in [0.2, 0.25) is 0 Å². The van der Waals surface area contributed by atoms with Crippen LogP contribution in [0.25, 0.3) is 0 Å². The molecule has 2 heteroatoms. The molecule has 0 atom stereocenters. The first-order valence-electron chi connectivity index (χ1n) is 8.96. The maximum absolute atomic E-state index is 4.31. The molecule has 0 saturated carbocycles. The highest BCUT2D eigenvalue weighted by Gasteiger charge is 1.89. The van der Waals surface area contributed by atoms with Gasteiger partial charge in [0.05, 0.1) is 0 Å². The predicted octanol–water partition coefficient (Wildman–Crippen LogP) is 6.42. The lowest BCUT2D eigenvalue weighted by Gasteiger charge is -1.95. The first kappa shape index (κ1) is 25.5. The van der Waals surface area contributed by atoms with E-state index in [1.165, 1.54) is 0 Å². The summed E-state index contributed by atoms with van der Waals surface area (Å²) in [5.41, 5.74) is 2.31. The summed E-state index contributed by atoms with van der Waals surface area (Å²) in [4.78, 5) is 8.61. The molecular weight excluding hydrogens is 268 g/mol. The third-order valence-electron chi connectivity index (χ3n) is 2.12. The Labute approximate surface area is 139 Å². The van der Waals surface area contributed by atoms with Crippen molar-refractivity contribution in [3.05, 3.63) is 35.4 Å². The first-order chi connectivity index (χ1) is 10.9. The Bertz CT molecular complexity index is 302. The molecule has 0 aromatic heterocycles. The Morgan fingerprint density at radius 3 is 1.14 bits per heavy atom. The standard InChI is InChI=1S/C14H20N2.3C2H6/c1-3-9-15-11-13-5-7-14(8-6-13)12-16-10-4-2;3*1-2/h5-8,11-12H,3-4,9-10H2,1-2H3;3*1-2H3. The first-order valence-corrected chi connectivity index (χ1v) is 8.96. The third-order valence-corrected chi connectivity index (χ3v) is 2.12. The van der Waals surface area contributed by atoms with Crippen LogP contribution in [0.5, 0.6) is 0 Å². The van der Waals surface area contributed by atoms with Gasteiger partial charge in [0, 0.05) is 25.5 Å². The van der Waals surface area contributed by atoms with Crippen molar-refractivity contribution >= 4 is 12.4 Å². The van der Waals surface area contributed by atoms with Gasteiger partial charge in [0.2, 0.25) is 0 Å². The molecule has 0 saturated heterocycles. The number of rotatable bonds is 6. The van der Waals surface area contributed by atoms with Crippen LogP contribution in [0, 0.1) is 0 Å². The molecule has 2 nitrogen and oxygen atoms in total. The maximum atomic E-state index is 4.31. The maximum Gasteiger partial charge on any atom is 0.0386 e. The van der Waals surface area contributed by atoms with Crippen LogP contribution < -0.4 is 0 Å². The van der Waals surface area contributed by atoms with Gasteiger partial charge in [-0.2, -0.15) is 0 Å². The molecule has 0 N–H and O–H groups in total. The Kier molecular flexibility index (Phi) is 28.5. The molecule has 1 aromatic carbocycles. The number of hydrogen-bond donors (Lipinski definition) is 0. The van der Waals surface area contributed by atoms with E-state index >= 15 is 0 Å². The minimum absolute atomic E-state index is 0.902. The van der Waals surface area contributed by atoms with Gasteiger partial charge in [-0.05, 0) is 24.0 Å². The van der Waals surface area contributed by atoms with E-state index < -0.39 is 0 Å². The van der Waals surface area contributed by atoms with Gasteiger partial charge >= 0.3 is 0 Å². The van der Waals surface area contributed by atoms with Crippen LogP contribution >= 0.6 is 0 Å². The second kappa shape index (κ2) is 24.6. The van der Waals surface area contributed by atoms with Crippen molar-refractivity contribution in [3.8, 4) is 0 Å². The minimum Gasteiger partial charge on any atom is -0.293 e. The van der Waals surface area contributed by atoms with Gasteiger partial charge in [-0.15, -0.1) is 0 Å². The number of hydrogen-bond acceptors (Lipinski definition) is 2. The third kappa shape index (κ3) is 16.6. The second-order valence-electron chi connectivity index (χ2n) is 3.74. The molecule has 0 aliphatic rings. The van der Waals surface area contributed by atoms with Gasteiger partial charge < -0.3 is 0 Å². The highest BCUT2D eigenvalue weighted by molar-refractivity contribution is 5.84. The number of nitrogens with zero attached hydrogens (tertiary/aromatic N) is 2. The summed E-state index contributed by atoms with van der Waals surface area (Å²) in [7, 11) is 0. The van der Waals surface area contributed by atoms with Crippen molar-refractivity contribution in [2.24, 2.45) is 9.98 Å². The van der Waals surface area contributed by atoms with E-state index in [1.807, 2.05) is 54.0 Å². The van der Waals surface area contributed by atoms with Gasteiger partial charge in [0.15, 0.2) is 0 Å².